The van der Waals surface area contributed by atoms with Crippen molar-refractivity contribution in [3.05, 3.63) is 70.8 Å². The van der Waals surface area contributed by atoms with Crippen LogP contribution in [0.25, 0.3) is 0 Å². The van der Waals surface area contributed by atoms with E-state index in [1.807, 2.05) is 26.0 Å². The quantitative estimate of drug-likeness (QED) is 0.538. The van der Waals surface area contributed by atoms with Crippen molar-refractivity contribution in [2.75, 3.05) is 13.2 Å². The van der Waals surface area contributed by atoms with Crippen molar-refractivity contribution in [1.82, 2.24) is 0 Å². The Morgan fingerprint density at radius 2 is 1.20 bits per heavy atom. The molecule has 0 atom stereocenters. The highest BCUT2D eigenvalue weighted by atomic mass is 16.7. The van der Waals surface area contributed by atoms with E-state index in [-0.39, 0.29) is 6.29 Å². The summed E-state index contributed by atoms with van der Waals surface area (Å²) in [5.41, 5.74) is 2.58. The second-order valence-corrected chi connectivity index (χ2v) is 4.94. The summed E-state index contributed by atoms with van der Waals surface area (Å²) >= 11 is 0. The highest BCUT2D eigenvalue weighted by Crippen LogP contribution is 2.19. The fraction of sp³-hybridized carbons (Fsp3) is 0.250. The number of carbonyl (C=O) groups excluding carboxylic acids is 3. The molecule has 25 heavy (non-hydrogen) atoms. The summed E-state index contributed by atoms with van der Waals surface area (Å²) in [4.78, 5) is 30.9. The molecule has 0 heterocycles. The van der Waals surface area contributed by atoms with Gasteiger partial charge >= 0.3 is 0 Å². The lowest BCUT2D eigenvalue weighted by atomic mass is 10.1. The SMILES string of the molecule is CCOC(OCC)c1cccc(C=O)c1.O=Cc1cccc(C=O)c1. The molecule has 5 nitrogen and oxygen atoms in total. The highest BCUT2D eigenvalue weighted by molar-refractivity contribution is 5.81. The Bertz CT molecular complexity index is 652. The highest BCUT2D eigenvalue weighted by Gasteiger charge is 2.10. The third-order valence-corrected chi connectivity index (χ3v) is 3.14. The fourth-order valence-electron chi connectivity index (χ4n) is 2.03. The molecule has 0 aromatic heterocycles. The molecule has 0 bridgehead atoms. The molecule has 0 aliphatic heterocycles. The Kier molecular flexibility index (Phi) is 9.67. The van der Waals surface area contributed by atoms with Gasteiger partial charge in [-0.05, 0) is 26.0 Å². The van der Waals surface area contributed by atoms with Crippen LogP contribution < -0.4 is 0 Å². The lowest BCUT2D eigenvalue weighted by molar-refractivity contribution is -0.140. The van der Waals surface area contributed by atoms with E-state index in [4.69, 9.17) is 9.47 Å². The lowest BCUT2D eigenvalue weighted by Crippen LogP contribution is -2.09. The summed E-state index contributed by atoms with van der Waals surface area (Å²) in [6.07, 6.45) is 1.87. The summed E-state index contributed by atoms with van der Waals surface area (Å²) in [6, 6.07) is 13.8. The third kappa shape index (κ3) is 7.20. The van der Waals surface area contributed by atoms with E-state index in [1.165, 1.54) is 0 Å². The second kappa shape index (κ2) is 11.8. The summed E-state index contributed by atoms with van der Waals surface area (Å²) in [7, 11) is 0. The Labute approximate surface area is 147 Å². The van der Waals surface area contributed by atoms with Crippen molar-refractivity contribution < 1.29 is 23.9 Å². The van der Waals surface area contributed by atoms with Crippen molar-refractivity contribution in [3.8, 4) is 0 Å². The van der Waals surface area contributed by atoms with Crippen LogP contribution in [0.5, 0.6) is 0 Å². The molecule has 0 N–H and O–H groups in total. The standard InChI is InChI=1S/C12H16O3.C8H6O2/c1-3-14-12(15-4-2)11-7-5-6-10(8-11)9-13;9-5-7-2-1-3-8(4-7)6-10/h5-9,12H,3-4H2,1-2H3;1-6H. The zero-order valence-electron chi connectivity index (χ0n) is 14.4. The number of benzene rings is 2. The van der Waals surface area contributed by atoms with E-state index in [0.717, 1.165) is 11.8 Å². The summed E-state index contributed by atoms with van der Waals surface area (Å²) in [5.74, 6) is 0. The number of ether oxygens (including phenoxy) is 2. The minimum absolute atomic E-state index is 0.375. The van der Waals surface area contributed by atoms with E-state index in [0.29, 0.717) is 42.5 Å². The van der Waals surface area contributed by atoms with Crippen LogP contribution in [-0.2, 0) is 9.47 Å². The van der Waals surface area contributed by atoms with Gasteiger partial charge < -0.3 is 9.47 Å². The largest absolute Gasteiger partial charge is 0.349 e. The first-order valence-corrected chi connectivity index (χ1v) is 7.97. The first-order valence-electron chi connectivity index (χ1n) is 7.97. The van der Waals surface area contributed by atoms with Crippen LogP contribution in [0.1, 0.15) is 56.8 Å². The van der Waals surface area contributed by atoms with Gasteiger partial charge in [-0.2, -0.15) is 0 Å². The lowest BCUT2D eigenvalue weighted by Gasteiger charge is -2.17. The molecule has 0 saturated heterocycles. The Balaban J connectivity index is 0.000000271. The first-order chi connectivity index (χ1) is 12.2. The average molecular weight is 342 g/mol. The molecule has 0 spiro atoms. The monoisotopic (exact) mass is 342 g/mol. The van der Waals surface area contributed by atoms with E-state index >= 15 is 0 Å². The smallest absolute Gasteiger partial charge is 0.183 e. The van der Waals surface area contributed by atoms with Gasteiger partial charge in [0.2, 0.25) is 0 Å². The van der Waals surface area contributed by atoms with Gasteiger partial charge in [0.15, 0.2) is 6.29 Å². The maximum Gasteiger partial charge on any atom is 0.183 e. The van der Waals surface area contributed by atoms with Crippen molar-refractivity contribution >= 4 is 18.9 Å². The maximum absolute atomic E-state index is 10.6. The van der Waals surface area contributed by atoms with Gasteiger partial charge in [0, 0.05) is 35.5 Å². The zero-order valence-corrected chi connectivity index (χ0v) is 14.4. The van der Waals surface area contributed by atoms with Crippen molar-refractivity contribution in [2.24, 2.45) is 0 Å². The van der Waals surface area contributed by atoms with Gasteiger partial charge in [0.05, 0.1) is 0 Å². The number of rotatable bonds is 8. The van der Waals surface area contributed by atoms with Crippen molar-refractivity contribution in [3.63, 3.8) is 0 Å². The zero-order chi connectivity index (χ0) is 18.5. The molecule has 0 saturated carbocycles. The average Bonchev–Trinajstić information content (AvgIpc) is 2.68. The maximum atomic E-state index is 10.6. The van der Waals surface area contributed by atoms with Crippen molar-refractivity contribution in [2.45, 2.75) is 20.1 Å². The summed E-state index contributed by atoms with van der Waals surface area (Å²) < 4.78 is 10.9. The number of hydrogen-bond acceptors (Lipinski definition) is 5. The molecule has 0 aliphatic carbocycles. The molecule has 0 unspecified atom stereocenters. The van der Waals surface area contributed by atoms with E-state index in [2.05, 4.69) is 0 Å². The molecule has 0 fully saturated rings. The minimum atomic E-state index is -0.375. The van der Waals surface area contributed by atoms with Crippen LogP contribution in [0, 0.1) is 0 Å². The first kappa shape index (κ1) is 20.4. The third-order valence-electron chi connectivity index (χ3n) is 3.14. The molecular formula is C20H22O5. The predicted molar refractivity (Wildman–Crippen MR) is 95.0 cm³/mol. The van der Waals surface area contributed by atoms with Crippen LogP contribution in [0.15, 0.2) is 48.5 Å². The van der Waals surface area contributed by atoms with E-state index in [9.17, 15) is 14.4 Å². The molecule has 2 aromatic carbocycles. The Morgan fingerprint density at radius 1 is 0.760 bits per heavy atom. The number of aldehydes is 3. The van der Waals surface area contributed by atoms with Crippen LogP contribution in [-0.4, -0.2) is 32.1 Å². The van der Waals surface area contributed by atoms with Crippen LogP contribution >= 0.6 is 0 Å². The topological polar surface area (TPSA) is 69.7 Å². The normalized spacial score (nSPS) is 9.88. The second-order valence-electron chi connectivity index (χ2n) is 4.94. The molecule has 2 rings (SSSR count). The van der Waals surface area contributed by atoms with Gasteiger partial charge in [-0.3, -0.25) is 14.4 Å². The van der Waals surface area contributed by atoms with Crippen molar-refractivity contribution in [1.29, 1.82) is 0 Å². The van der Waals surface area contributed by atoms with Gasteiger partial charge in [0.1, 0.15) is 18.9 Å². The molecular weight excluding hydrogens is 320 g/mol. The summed E-state index contributed by atoms with van der Waals surface area (Å²) in [6.45, 7) is 4.98. The minimum Gasteiger partial charge on any atom is -0.349 e. The van der Waals surface area contributed by atoms with Gasteiger partial charge in [0.25, 0.3) is 0 Å². The van der Waals surface area contributed by atoms with Gasteiger partial charge in [-0.1, -0.05) is 36.4 Å². The molecule has 0 radical (unpaired) electrons. The number of hydrogen-bond donors (Lipinski definition) is 0. The van der Waals surface area contributed by atoms with Crippen LogP contribution in [0.3, 0.4) is 0 Å². The van der Waals surface area contributed by atoms with E-state index < -0.39 is 0 Å². The number of carbonyl (C=O) groups is 3. The Hall–Kier alpha value is -2.63. The fourth-order valence-corrected chi connectivity index (χ4v) is 2.03. The van der Waals surface area contributed by atoms with Crippen LogP contribution in [0.4, 0.5) is 0 Å². The molecule has 5 heteroatoms. The Morgan fingerprint density at radius 3 is 1.64 bits per heavy atom. The summed E-state index contributed by atoms with van der Waals surface area (Å²) in [5, 5.41) is 0. The van der Waals surface area contributed by atoms with Crippen LogP contribution in [0.2, 0.25) is 0 Å². The molecule has 0 aliphatic rings. The predicted octanol–water partition coefficient (Wildman–Crippen LogP) is 3.88. The van der Waals surface area contributed by atoms with Gasteiger partial charge in [-0.15, -0.1) is 0 Å². The molecule has 0 amide bonds. The van der Waals surface area contributed by atoms with E-state index in [1.54, 1.807) is 36.4 Å². The molecule has 2 aromatic rings. The molecule has 132 valence electrons. The van der Waals surface area contributed by atoms with Gasteiger partial charge in [-0.25, -0.2) is 0 Å².